The lowest BCUT2D eigenvalue weighted by Crippen LogP contribution is -2.13. The van der Waals surface area contributed by atoms with Gasteiger partial charge in [0.05, 0.1) is 17.5 Å². The number of imidazole rings is 1. The Morgan fingerprint density at radius 2 is 2.24 bits per heavy atom. The lowest BCUT2D eigenvalue weighted by atomic mass is 10.2. The molecule has 0 unspecified atom stereocenters. The van der Waals surface area contributed by atoms with Crippen molar-refractivity contribution in [2.45, 2.75) is 0 Å². The number of hydrogen-bond donors (Lipinski definition) is 2. The molecule has 21 heavy (non-hydrogen) atoms. The zero-order chi connectivity index (χ0) is 14.8. The second kappa shape index (κ2) is 5.41. The molecule has 3 rings (SSSR count). The van der Waals surface area contributed by atoms with Crippen LogP contribution in [0.5, 0.6) is 0 Å². The number of nitrogens with one attached hydrogen (secondary N) is 1. The van der Waals surface area contributed by atoms with Crippen molar-refractivity contribution in [2.24, 2.45) is 0 Å². The van der Waals surface area contributed by atoms with Crippen molar-refractivity contribution in [3.63, 3.8) is 0 Å². The minimum atomic E-state index is -0.952. The summed E-state index contributed by atoms with van der Waals surface area (Å²) in [6, 6.07) is 7.18. The van der Waals surface area contributed by atoms with Crippen molar-refractivity contribution in [3.05, 3.63) is 48.0 Å². The fraction of sp³-hybridized carbons (Fsp3) is 0.0714. The van der Waals surface area contributed by atoms with Crippen molar-refractivity contribution in [1.29, 1.82) is 0 Å². The van der Waals surface area contributed by atoms with Crippen molar-refractivity contribution in [2.75, 3.05) is 11.9 Å². The molecule has 1 aromatic carbocycles. The zero-order valence-electron chi connectivity index (χ0n) is 10.8. The first-order valence-corrected chi connectivity index (χ1v) is 6.55. The molecule has 0 bridgehead atoms. The summed E-state index contributed by atoms with van der Waals surface area (Å²) in [5.74, 6) is -0.483. The summed E-state index contributed by atoms with van der Waals surface area (Å²) in [4.78, 5) is 19.1. The number of anilines is 1. The van der Waals surface area contributed by atoms with Gasteiger partial charge in [0.25, 0.3) is 0 Å². The number of carboxylic acid groups (broad SMARTS) is 1. The van der Waals surface area contributed by atoms with Crippen LogP contribution in [0.1, 0.15) is 0 Å². The third-order valence-electron chi connectivity index (χ3n) is 2.95. The molecule has 0 saturated carbocycles. The monoisotopic (exact) mass is 302 g/mol. The quantitative estimate of drug-likeness (QED) is 0.774. The normalized spacial score (nSPS) is 10.7. The van der Waals surface area contributed by atoms with Crippen molar-refractivity contribution < 1.29 is 9.90 Å². The summed E-state index contributed by atoms with van der Waals surface area (Å²) >= 11 is 6.00. The summed E-state index contributed by atoms with van der Waals surface area (Å²) in [6.45, 7) is -0.206. The second-order valence-electron chi connectivity index (χ2n) is 4.41. The van der Waals surface area contributed by atoms with Gasteiger partial charge in [-0.05, 0) is 18.2 Å². The molecule has 0 radical (unpaired) electrons. The highest BCUT2D eigenvalue weighted by Crippen LogP contribution is 2.26. The summed E-state index contributed by atoms with van der Waals surface area (Å²) < 4.78 is 1.84. The van der Waals surface area contributed by atoms with Crippen LogP contribution in [0.4, 0.5) is 5.82 Å². The molecular formula is C14H11ClN4O2. The van der Waals surface area contributed by atoms with Gasteiger partial charge in [0.15, 0.2) is 0 Å². The van der Waals surface area contributed by atoms with E-state index in [1.54, 1.807) is 30.7 Å². The predicted octanol–water partition coefficient (Wildman–Crippen LogP) is 2.57. The first kappa shape index (κ1) is 13.4. The van der Waals surface area contributed by atoms with Crippen molar-refractivity contribution in [1.82, 2.24) is 14.5 Å². The van der Waals surface area contributed by atoms with Gasteiger partial charge < -0.3 is 15.0 Å². The molecule has 0 aliphatic carbocycles. The molecule has 106 valence electrons. The molecule has 2 aromatic heterocycles. The van der Waals surface area contributed by atoms with Crippen LogP contribution in [-0.2, 0) is 4.79 Å². The number of nitrogens with zero attached hydrogens (tertiary/aromatic N) is 3. The number of rotatable bonds is 4. The van der Waals surface area contributed by atoms with Gasteiger partial charge in [-0.2, -0.15) is 0 Å². The Morgan fingerprint density at radius 3 is 2.95 bits per heavy atom. The minimum absolute atomic E-state index is 0.206. The van der Waals surface area contributed by atoms with E-state index in [9.17, 15) is 4.79 Å². The van der Waals surface area contributed by atoms with E-state index in [0.717, 1.165) is 11.1 Å². The van der Waals surface area contributed by atoms with E-state index in [2.05, 4.69) is 15.3 Å². The van der Waals surface area contributed by atoms with Crippen LogP contribution in [0.15, 0.2) is 43.0 Å². The molecule has 0 aliphatic rings. The van der Waals surface area contributed by atoms with Gasteiger partial charge in [-0.15, -0.1) is 0 Å². The van der Waals surface area contributed by atoms with Crippen LogP contribution in [0, 0.1) is 0 Å². The Hall–Kier alpha value is -2.60. The number of halogens is 1. The molecule has 7 heteroatoms. The van der Waals surface area contributed by atoms with E-state index in [4.69, 9.17) is 16.7 Å². The van der Waals surface area contributed by atoms with Crippen LogP contribution in [-0.4, -0.2) is 32.2 Å². The van der Waals surface area contributed by atoms with Gasteiger partial charge in [0.2, 0.25) is 0 Å². The first-order valence-electron chi connectivity index (χ1n) is 6.18. The number of pyridine rings is 1. The van der Waals surface area contributed by atoms with Gasteiger partial charge in [-0.3, -0.25) is 4.79 Å². The Morgan fingerprint density at radius 1 is 1.38 bits per heavy atom. The standard InChI is InChI=1S/C14H11ClN4O2/c15-9-1-2-10-11(5-9)18-13(17-7-14(20)21)6-12(10)19-4-3-16-8-19/h1-6,8H,7H2,(H,17,18)(H,20,21). The predicted molar refractivity (Wildman–Crippen MR) is 80.0 cm³/mol. The SMILES string of the molecule is O=C(O)CNc1cc(-n2ccnc2)c2ccc(Cl)cc2n1. The van der Waals surface area contributed by atoms with Gasteiger partial charge in [-0.1, -0.05) is 11.6 Å². The second-order valence-corrected chi connectivity index (χ2v) is 4.84. The van der Waals surface area contributed by atoms with Crippen LogP contribution in [0.3, 0.4) is 0 Å². The van der Waals surface area contributed by atoms with E-state index >= 15 is 0 Å². The summed E-state index contributed by atoms with van der Waals surface area (Å²) in [5.41, 5.74) is 1.53. The maximum absolute atomic E-state index is 10.7. The van der Waals surface area contributed by atoms with E-state index in [1.807, 2.05) is 16.8 Å². The van der Waals surface area contributed by atoms with Gasteiger partial charge in [0, 0.05) is 28.9 Å². The number of carbonyl (C=O) groups is 1. The van der Waals surface area contributed by atoms with E-state index in [1.165, 1.54) is 0 Å². The largest absolute Gasteiger partial charge is 0.480 e. The third-order valence-corrected chi connectivity index (χ3v) is 3.19. The molecular weight excluding hydrogens is 292 g/mol. The smallest absolute Gasteiger partial charge is 0.322 e. The molecule has 0 fully saturated rings. The Kier molecular flexibility index (Phi) is 3.45. The number of carboxylic acids is 1. The van der Waals surface area contributed by atoms with Crippen molar-refractivity contribution >= 4 is 34.3 Å². The van der Waals surface area contributed by atoms with Gasteiger partial charge in [-0.25, -0.2) is 9.97 Å². The van der Waals surface area contributed by atoms with Crippen LogP contribution in [0.2, 0.25) is 5.02 Å². The lowest BCUT2D eigenvalue weighted by molar-refractivity contribution is -0.134. The molecule has 0 aliphatic heterocycles. The maximum atomic E-state index is 10.7. The minimum Gasteiger partial charge on any atom is -0.480 e. The highest BCUT2D eigenvalue weighted by molar-refractivity contribution is 6.31. The van der Waals surface area contributed by atoms with Crippen LogP contribution in [0.25, 0.3) is 16.6 Å². The number of hydrogen-bond acceptors (Lipinski definition) is 4. The zero-order valence-corrected chi connectivity index (χ0v) is 11.6. The molecule has 6 nitrogen and oxygen atoms in total. The van der Waals surface area contributed by atoms with E-state index in [0.29, 0.717) is 16.4 Å². The molecule has 2 N–H and O–H groups in total. The van der Waals surface area contributed by atoms with Crippen molar-refractivity contribution in [3.8, 4) is 5.69 Å². The number of benzene rings is 1. The van der Waals surface area contributed by atoms with Gasteiger partial charge in [0.1, 0.15) is 12.4 Å². The molecule has 0 atom stereocenters. The molecule has 0 amide bonds. The first-order chi connectivity index (χ1) is 10.1. The Balaban J connectivity index is 2.16. The third kappa shape index (κ3) is 2.80. The Labute approximate surface area is 125 Å². The fourth-order valence-corrected chi connectivity index (χ4v) is 2.22. The number of fused-ring (bicyclic) bond motifs is 1. The number of aromatic nitrogens is 3. The average Bonchev–Trinajstić information content (AvgIpc) is 2.97. The summed E-state index contributed by atoms with van der Waals surface area (Å²) in [6.07, 6.45) is 5.15. The summed E-state index contributed by atoms with van der Waals surface area (Å²) in [7, 11) is 0. The fourth-order valence-electron chi connectivity index (χ4n) is 2.06. The number of aliphatic carboxylic acids is 1. The van der Waals surface area contributed by atoms with E-state index in [-0.39, 0.29) is 6.54 Å². The van der Waals surface area contributed by atoms with Crippen LogP contribution < -0.4 is 5.32 Å². The highest BCUT2D eigenvalue weighted by Gasteiger charge is 2.09. The van der Waals surface area contributed by atoms with E-state index < -0.39 is 5.97 Å². The molecule has 0 spiro atoms. The molecule has 0 saturated heterocycles. The molecule has 3 aromatic rings. The van der Waals surface area contributed by atoms with Gasteiger partial charge >= 0.3 is 5.97 Å². The molecule has 2 heterocycles. The highest BCUT2D eigenvalue weighted by atomic mass is 35.5. The maximum Gasteiger partial charge on any atom is 0.322 e. The Bertz CT molecular complexity index is 802. The topological polar surface area (TPSA) is 80.0 Å². The lowest BCUT2D eigenvalue weighted by Gasteiger charge is -2.11. The summed E-state index contributed by atoms with van der Waals surface area (Å²) in [5, 5.41) is 13.0. The van der Waals surface area contributed by atoms with Crippen LogP contribution >= 0.6 is 11.6 Å². The average molecular weight is 303 g/mol.